The summed E-state index contributed by atoms with van der Waals surface area (Å²) in [4.78, 5) is 26.8. The third-order valence-electron chi connectivity index (χ3n) is 7.84. The lowest BCUT2D eigenvalue weighted by Crippen LogP contribution is -2.42. The number of benzene rings is 2. The molecule has 2 heterocycles. The Bertz CT molecular complexity index is 1110. The van der Waals surface area contributed by atoms with Crippen molar-refractivity contribution in [3.8, 4) is 5.75 Å². The molecule has 5 rings (SSSR count). The standard InChI is InChI=1S/C29H36ClN3O4/c30-25-6-2-4-8-27(25)37-14-13-31-26-7-3-1-5-21(26)15-20-9-11-24-22(16-20)17-33(29(24)35)23-10-12-28(34)32-19-36-18-23/h2,4,6,8-9,11,16,21,23,26,31H,1,3,5,7,10,12-15,17-19H2,(H,32,34)/t21-,23?,26+/m1/s1. The zero-order valence-electron chi connectivity index (χ0n) is 21.2. The predicted octanol–water partition coefficient (Wildman–Crippen LogP) is 4.32. The van der Waals surface area contributed by atoms with Crippen LogP contribution in [0, 0.1) is 5.92 Å². The van der Waals surface area contributed by atoms with Crippen molar-refractivity contribution in [1.29, 1.82) is 0 Å². The van der Waals surface area contributed by atoms with Gasteiger partial charge in [-0.1, -0.05) is 48.7 Å². The molecule has 2 amide bonds. The van der Waals surface area contributed by atoms with Crippen molar-refractivity contribution in [2.75, 3.05) is 26.5 Å². The molecule has 3 aliphatic rings. The van der Waals surface area contributed by atoms with E-state index in [0.717, 1.165) is 29.8 Å². The highest BCUT2D eigenvalue weighted by molar-refractivity contribution is 6.32. The van der Waals surface area contributed by atoms with E-state index < -0.39 is 0 Å². The fourth-order valence-electron chi connectivity index (χ4n) is 5.85. The Balaban J connectivity index is 1.17. The van der Waals surface area contributed by atoms with Gasteiger partial charge in [0, 0.05) is 31.1 Å². The quantitative estimate of drug-likeness (QED) is 0.502. The summed E-state index contributed by atoms with van der Waals surface area (Å²) in [6, 6.07) is 14.3. The van der Waals surface area contributed by atoms with Crippen molar-refractivity contribution in [3.63, 3.8) is 0 Å². The number of carbonyl (C=O) groups is 2. The van der Waals surface area contributed by atoms with Crippen LogP contribution in [0.4, 0.5) is 0 Å². The van der Waals surface area contributed by atoms with E-state index >= 15 is 0 Å². The van der Waals surface area contributed by atoms with Gasteiger partial charge >= 0.3 is 0 Å². The van der Waals surface area contributed by atoms with Crippen LogP contribution in [-0.4, -0.2) is 55.3 Å². The first kappa shape index (κ1) is 26.0. The summed E-state index contributed by atoms with van der Waals surface area (Å²) in [5, 5.41) is 7.08. The van der Waals surface area contributed by atoms with Gasteiger partial charge in [-0.3, -0.25) is 9.59 Å². The third kappa shape index (κ3) is 6.46. The highest BCUT2D eigenvalue weighted by atomic mass is 35.5. The van der Waals surface area contributed by atoms with Gasteiger partial charge in [-0.25, -0.2) is 0 Å². The van der Waals surface area contributed by atoms with Crippen LogP contribution < -0.4 is 15.4 Å². The zero-order valence-corrected chi connectivity index (χ0v) is 22.0. The topological polar surface area (TPSA) is 79.9 Å². The van der Waals surface area contributed by atoms with Crippen LogP contribution in [0.1, 0.15) is 60.0 Å². The molecular weight excluding hydrogens is 490 g/mol. The molecule has 2 aromatic rings. The maximum absolute atomic E-state index is 13.1. The number of para-hydroxylation sites is 1. The lowest BCUT2D eigenvalue weighted by atomic mass is 9.80. The van der Waals surface area contributed by atoms with E-state index in [1.807, 2.05) is 35.2 Å². The fourth-order valence-corrected chi connectivity index (χ4v) is 6.04. The SMILES string of the molecule is O=C1CCC(N2Cc3cc(C[C@H]4CCCC[C@@H]4NCCOc4ccccc4Cl)ccc3C2=O)COCN1. The Kier molecular flexibility index (Phi) is 8.64. The normalized spacial score (nSPS) is 24.2. The Hall–Kier alpha value is -2.61. The minimum Gasteiger partial charge on any atom is -0.491 e. The molecule has 0 radical (unpaired) electrons. The number of carbonyl (C=O) groups excluding carboxylic acids is 2. The first-order valence-corrected chi connectivity index (χ1v) is 13.8. The summed E-state index contributed by atoms with van der Waals surface area (Å²) >= 11 is 6.20. The van der Waals surface area contributed by atoms with Crippen molar-refractivity contribution in [3.05, 3.63) is 64.2 Å². The van der Waals surface area contributed by atoms with Gasteiger partial charge in [-0.15, -0.1) is 0 Å². The monoisotopic (exact) mass is 525 g/mol. The highest BCUT2D eigenvalue weighted by Gasteiger charge is 2.34. The summed E-state index contributed by atoms with van der Waals surface area (Å²) in [7, 11) is 0. The van der Waals surface area contributed by atoms with Crippen molar-refractivity contribution in [2.45, 2.75) is 63.6 Å². The maximum Gasteiger partial charge on any atom is 0.254 e. The molecule has 3 atom stereocenters. The molecule has 2 aliphatic heterocycles. The molecule has 0 spiro atoms. The number of fused-ring (bicyclic) bond motifs is 1. The average molecular weight is 526 g/mol. The Labute approximate surface area is 223 Å². The van der Waals surface area contributed by atoms with Crippen LogP contribution in [0.15, 0.2) is 42.5 Å². The molecular formula is C29H36ClN3O4. The number of amides is 2. The summed E-state index contributed by atoms with van der Waals surface area (Å²) in [5.74, 6) is 1.30. The van der Waals surface area contributed by atoms with Crippen molar-refractivity contribution in [2.24, 2.45) is 5.92 Å². The van der Waals surface area contributed by atoms with Crippen LogP contribution in [0.25, 0.3) is 0 Å². The van der Waals surface area contributed by atoms with Crippen LogP contribution in [0.5, 0.6) is 5.75 Å². The lowest BCUT2D eigenvalue weighted by molar-refractivity contribution is -0.124. The smallest absolute Gasteiger partial charge is 0.254 e. The largest absolute Gasteiger partial charge is 0.491 e. The average Bonchev–Trinajstić information content (AvgIpc) is 3.21. The molecule has 198 valence electrons. The van der Waals surface area contributed by atoms with Crippen LogP contribution >= 0.6 is 11.6 Å². The summed E-state index contributed by atoms with van der Waals surface area (Å²) < 4.78 is 11.4. The van der Waals surface area contributed by atoms with E-state index in [-0.39, 0.29) is 24.6 Å². The summed E-state index contributed by atoms with van der Waals surface area (Å²) in [6.45, 7) is 2.60. The van der Waals surface area contributed by atoms with E-state index in [1.54, 1.807) is 0 Å². The minimum absolute atomic E-state index is 0.0257. The Morgan fingerprint density at radius 2 is 1.97 bits per heavy atom. The number of ether oxygens (including phenoxy) is 2. The molecule has 2 aromatic carbocycles. The number of rotatable bonds is 8. The number of nitrogens with one attached hydrogen (secondary N) is 2. The number of hydrogen-bond acceptors (Lipinski definition) is 5. The number of nitrogens with zero attached hydrogens (tertiary/aromatic N) is 1. The van der Waals surface area contributed by atoms with Gasteiger partial charge in [0.05, 0.1) is 17.7 Å². The molecule has 2 fully saturated rings. The maximum atomic E-state index is 13.1. The molecule has 8 heteroatoms. The van der Waals surface area contributed by atoms with Crippen LogP contribution in [0.2, 0.25) is 5.02 Å². The van der Waals surface area contributed by atoms with E-state index in [0.29, 0.717) is 49.6 Å². The van der Waals surface area contributed by atoms with E-state index in [4.69, 9.17) is 21.1 Å². The van der Waals surface area contributed by atoms with Crippen molar-refractivity contribution in [1.82, 2.24) is 15.5 Å². The minimum atomic E-state index is -0.0747. The van der Waals surface area contributed by atoms with Gasteiger partial charge in [-0.05, 0) is 60.9 Å². The summed E-state index contributed by atoms with van der Waals surface area (Å²) in [5.41, 5.74) is 3.15. The fraction of sp³-hybridized carbons (Fsp3) is 0.517. The first-order valence-electron chi connectivity index (χ1n) is 13.5. The second kappa shape index (κ2) is 12.3. The molecule has 1 saturated carbocycles. The van der Waals surface area contributed by atoms with Gasteiger partial charge in [0.2, 0.25) is 5.91 Å². The van der Waals surface area contributed by atoms with Crippen molar-refractivity contribution < 1.29 is 19.1 Å². The van der Waals surface area contributed by atoms with Crippen LogP contribution in [-0.2, 0) is 22.5 Å². The molecule has 1 aliphatic carbocycles. The second-order valence-electron chi connectivity index (χ2n) is 10.3. The zero-order chi connectivity index (χ0) is 25.6. The first-order chi connectivity index (χ1) is 18.1. The van der Waals surface area contributed by atoms with Gasteiger partial charge in [0.1, 0.15) is 19.1 Å². The molecule has 7 nitrogen and oxygen atoms in total. The van der Waals surface area contributed by atoms with E-state index in [2.05, 4.69) is 22.8 Å². The molecule has 0 aromatic heterocycles. The Morgan fingerprint density at radius 1 is 1.11 bits per heavy atom. The van der Waals surface area contributed by atoms with Gasteiger partial charge in [0.25, 0.3) is 5.91 Å². The third-order valence-corrected chi connectivity index (χ3v) is 8.15. The lowest BCUT2D eigenvalue weighted by Gasteiger charge is -2.32. The van der Waals surface area contributed by atoms with Gasteiger partial charge in [-0.2, -0.15) is 0 Å². The van der Waals surface area contributed by atoms with E-state index in [9.17, 15) is 9.59 Å². The number of halogens is 1. The van der Waals surface area contributed by atoms with Gasteiger partial charge < -0.3 is 25.0 Å². The molecule has 37 heavy (non-hydrogen) atoms. The van der Waals surface area contributed by atoms with Crippen molar-refractivity contribution >= 4 is 23.4 Å². The van der Waals surface area contributed by atoms with E-state index in [1.165, 1.54) is 31.2 Å². The number of hydrogen-bond donors (Lipinski definition) is 2. The molecule has 0 bridgehead atoms. The van der Waals surface area contributed by atoms with Crippen LogP contribution in [0.3, 0.4) is 0 Å². The molecule has 1 unspecified atom stereocenters. The Morgan fingerprint density at radius 3 is 2.86 bits per heavy atom. The predicted molar refractivity (Wildman–Crippen MR) is 143 cm³/mol. The molecule has 2 N–H and O–H groups in total. The highest BCUT2D eigenvalue weighted by Crippen LogP contribution is 2.31. The molecule has 1 saturated heterocycles. The second-order valence-corrected chi connectivity index (χ2v) is 10.7. The summed E-state index contributed by atoms with van der Waals surface area (Å²) in [6.07, 6.45) is 6.90. The van der Waals surface area contributed by atoms with Gasteiger partial charge in [0.15, 0.2) is 0 Å².